The molecule has 0 fully saturated rings. The molecule has 0 atom stereocenters. The van der Waals surface area contributed by atoms with Gasteiger partial charge in [-0.2, -0.15) is 0 Å². The van der Waals surface area contributed by atoms with Crippen molar-refractivity contribution in [3.8, 4) is 76.2 Å². The van der Waals surface area contributed by atoms with Crippen molar-refractivity contribution in [1.29, 1.82) is 0 Å². The number of hydrogen-bond acceptors (Lipinski definition) is 12. The summed E-state index contributed by atoms with van der Waals surface area (Å²) in [6.45, 7) is 57.0. The third-order valence-corrected chi connectivity index (χ3v) is 28.7. The molecule has 135 heavy (non-hydrogen) atoms. The van der Waals surface area contributed by atoms with Crippen LogP contribution in [-0.2, 0) is 80.1 Å². The van der Waals surface area contributed by atoms with E-state index in [2.05, 4.69) is 285 Å². The van der Waals surface area contributed by atoms with Gasteiger partial charge in [0.2, 0.25) is 0 Å². The van der Waals surface area contributed by atoms with Crippen molar-refractivity contribution in [3.05, 3.63) is 291 Å². The van der Waals surface area contributed by atoms with Gasteiger partial charge >= 0.3 is 0 Å². The minimum absolute atomic E-state index is 0. The van der Waals surface area contributed by atoms with E-state index in [0.29, 0.717) is 11.8 Å². The summed E-state index contributed by atoms with van der Waals surface area (Å²) in [6, 6.07) is 68.1. The number of carbonyl (C=O) groups is 3. The molecule has 3 radical (unpaired) electrons. The summed E-state index contributed by atoms with van der Waals surface area (Å²) in [4.78, 5) is 53.2. The van der Waals surface area contributed by atoms with Gasteiger partial charge in [0, 0.05) is 178 Å². The second-order valence-electron chi connectivity index (χ2n) is 37.3. The van der Waals surface area contributed by atoms with E-state index in [0.717, 1.165) is 128 Å². The molecule has 0 bridgehead atoms. The number of allylic oxidation sites excluding steroid dienone is 6. The van der Waals surface area contributed by atoms with E-state index in [1.165, 1.54) is 135 Å². The number of thiophene rings is 3. The van der Waals surface area contributed by atoms with Crippen molar-refractivity contribution in [1.82, 2.24) is 15.0 Å². The maximum Gasteiger partial charge on any atom is 0.162 e. The Morgan fingerprint density at radius 1 is 0.341 bits per heavy atom. The Bertz CT molecular complexity index is 5830. The number of aryl methyl sites for hydroxylation is 8. The second kappa shape index (κ2) is 56.5. The number of benzene rings is 7. The normalized spacial score (nSPS) is 11.7. The first kappa shape index (κ1) is 117. The summed E-state index contributed by atoms with van der Waals surface area (Å²) >= 11 is 5.50. The number of ketones is 3. The minimum Gasteiger partial charge on any atom is -0.512 e. The first-order valence-corrected chi connectivity index (χ1v) is 50.8. The topological polar surface area (TPSA) is 151 Å². The molecule has 0 unspecified atom stereocenters. The predicted octanol–water partition coefficient (Wildman–Crippen LogP) is 35.6. The average Bonchev–Trinajstić information content (AvgIpc) is 1.75. The van der Waals surface area contributed by atoms with Crippen LogP contribution in [0.3, 0.4) is 0 Å². The number of aliphatic hydroxyl groups is 3. The smallest absolute Gasteiger partial charge is 0.162 e. The van der Waals surface area contributed by atoms with Crippen LogP contribution in [0.4, 0.5) is 0 Å². The summed E-state index contributed by atoms with van der Waals surface area (Å²) in [5, 5.41) is 32.9. The fourth-order valence-electron chi connectivity index (χ4n) is 16.8. The molecule has 0 saturated heterocycles. The van der Waals surface area contributed by atoms with Crippen molar-refractivity contribution >= 4 is 81.6 Å². The van der Waals surface area contributed by atoms with Crippen molar-refractivity contribution in [2.75, 3.05) is 0 Å². The molecule has 13 aromatic rings. The van der Waals surface area contributed by atoms with Gasteiger partial charge in [0.15, 0.2) is 17.3 Å². The van der Waals surface area contributed by atoms with Crippen LogP contribution in [0.25, 0.3) is 106 Å². The number of pyridine rings is 3. The summed E-state index contributed by atoms with van der Waals surface area (Å²) < 4.78 is 3.80. The molecule has 9 nitrogen and oxygen atoms in total. The van der Waals surface area contributed by atoms with Crippen molar-refractivity contribution in [2.45, 2.75) is 281 Å². The van der Waals surface area contributed by atoms with Crippen LogP contribution in [0, 0.1) is 109 Å². The van der Waals surface area contributed by atoms with Crippen LogP contribution < -0.4 is 0 Å². The molecule has 727 valence electrons. The standard InChI is InChI=1S/C29H24NS.C27H28NS.C25H24NS.3C13H24O2.3Ir/c1-18-12-19(2)14-24(13-18)26-16-28-25(17-30-26)15-27(31-28)22-8-10-23(11-9-22)29-20(3)6-5-7-21(29)4;1-16(2)20-10-21(17(3)4)12-23(11-20)26-13-24-15-28-25(14-27(24)29-26)22-8-18(5)7-19(6)9-22;1-16-10-17(2)12-19(11-16)22-14-24-20(15-26-22)13-23(27-24)18-6-8-21(9-7-18)25(3,4)5;3*1-5-10(6-2)12(14)9-13(15)11(7-3)8-4;;;/h5-13,15-17H,1-4H3;7-8,10-17H,1-6H3;6-11,13-15H,1-5H3;3*9-11,14H,5-8H2,1-4H3;;;/q3*-1;;;;;;. The van der Waals surface area contributed by atoms with Gasteiger partial charge in [-0.15, -0.1) is 139 Å². The number of hydrogen-bond donors (Lipinski definition) is 3. The molecule has 13 rings (SSSR count). The fourth-order valence-corrected chi connectivity index (χ4v) is 20.0. The van der Waals surface area contributed by atoms with Gasteiger partial charge in [0.25, 0.3) is 0 Å². The Kier molecular flexibility index (Phi) is 48.9. The summed E-state index contributed by atoms with van der Waals surface area (Å²) in [5.74, 6) is 2.69. The third-order valence-electron chi connectivity index (χ3n) is 25.3. The molecule has 3 N–H and O–H groups in total. The zero-order valence-electron chi connectivity index (χ0n) is 85.2. The van der Waals surface area contributed by atoms with Crippen LogP contribution in [0.2, 0.25) is 0 Å². The molecule has 6 aromatic heterocycles. The van der Waals surface area contributed by atoms with Crippen LogP contribution in [-0.4, -0.2) is 47.6 Å². The summed E-state index contributed by atoms with van der Waals surface area (Å²) in [6.07, 6.45) is 20.7. The molecule has 7 aromatic carbocycles. The zero-order chi connectivity index (χ0) is 97.0. The summed E-state index contributed by atoms with van der Waals surface area (Å²) in [5.41, 5.74) is 26.8. The number of rotatable bonds is 30. The van der Waals surface area contributed by atoms with Gasteiger partial charge in [-0.1, -0.05) is 276 Å². The van der Waals surface area contributed by atoms with E-state index in [-0.39, 0.29) is 136 Å². The van der Waals surface area contributed by atoms with E-state index >= 15 is 0 Å². The molecule has 0 aliphatic rings. The van der Waals surface area contributed by atoms with E-state index in [1.54, 1.807) is 0 Å². The molecule has 6 heterocycles. The SMILES string of the molecule is CCC(CC)C(=O)C=C(O)C(CC)CC.CCC(CC)C(=O)C=C(O)C(CC)CC.CCC(CC)C(=O)C=C(O)C(CC)CC.Cc1[c-]c(-c2cc3sc(-c4cc(C(C)C)cc(C(C)C)c4)cc3cn2)cc(C)c1.Cc1[c-]c(-c2cc3sc(-c4ccc(-c5c(C)cccc5C)cc4)cc3cn2)cc(C)c1.Cc1[c-]c(-c2cc3sc(-c4ccc(C(C)(C)C)cc4)cc3cn2)cc(C)c1.[Ir].[Ir].[Ir]. The molecule has 0 aliphatic heterocycles. The van der Waals surface area contributed by atoms with Crippen molar-refractivity contribution < 1.29 is 90.0 Å². The molecule has 15 heteroatoms. The fraction of sp³-hybridized carbons (Fsp3) is 0.400. The molecule has 0 amide bonds. The number of fused-ring (bicyclic) bond motifs is 3. The third kappa shape index (κ3) is 33.6. The number of aromatic nitrogens is 3. The first-order chi connectivity index (χ1) is 62.9. The van der Waals surface area contributed by atoms with Gasteiger partial charge in [-0.3, -0.25) is 14.4 Å². The van der Waals surface area contributed by atoms with Gasteiger partial charge in [0.1, 0.15) is 0 Å². The number of carbonyl (C=O) groups excluding carboxylic acids is 3. The van der Waals surface area contributed by atoms with Crippen LogP contribution in [0.1, 0.15) is 282 Å². The quantitative estimate of drug-likeness (QED) is 0.0227. The van der Waals surface area contributed by atoms with E-state index < -0.39 is 0 Å². The minimum atomic E-state index is 0. The molecular weight excluding hydrogens is 2250 g/mol. The van der Waals surface area contributed by atoms with Crippen LogP contribution in [0.5, 0.6) is 0 Å². The average molecular weight is 2400 g/mol. The maximum atomic E-state index is 11.7. The van der Waals surface area contributed by atoms with E-state index in [1.807, 2.05) is 136 Å². The van der Waals surface area contributed by atoms with Crippen LogP contribution in [0.15, 0.2) is 212 Å². The molecule has 0 aliphatic carbocycles. The Labute approximate surface area is 863 Å². The monoisotopic (exact) mass is 2400 g/mol. The molecular formula is C120H148Ir3N3O6S3-3. The summed E-state index contributed by atoms with van der Waals surface area (Å²) in [7, 11) is 0. The Morgan fingerprint density at radius 2 is 0.607 bits per heavy atom. The second-order valence-corrected chi connectivity index (χ2v) is 40.5. The largest absolute Gasteiger partial charge is 0.512 e. The van der Waals surface area contributed by atoms with Gasteiger partial charge in [-0.05, 0) is 199 Å². The number of aliphatic hydroxyl groups excluding tert-OH is 3. The predicted molar refractivity (Wildman–Crippen MR) is 570 cm³/mol. The zero-order valence-corrected chi connectivity index (χ0v) is 94.8. The first-order valence-electron chi connectivity index (χ1n) is 48.4. The maximum absolute atomic E-state index is 11.7. The number of nitrogens with zero attached hydrogens (tertiary/aromatic N) is 3. The van der Waals surface area contributed by atoms with Gasteiger partial charge < -0.3 is 30.3 Å². The van der Waals surface area contributed by atoms with Gasteiger partial charge in [-0.25, -0.2) is 0 Å². The molecule has 0 spiro atoms. The Hall–Kier alpha value is -8.55. The van der Waals surface area contributed by atoms with E-state index in [9.17, 15) is 29.7 Å². The Balaban J connectivity index is 0.000000293. The Morgan fingerprint density at radius 3 is 0.867 bits per heavy atom. The van der Waals surface area contributed by atoms with E-state index in [4.69, 9.17) is 9.97 Å². The van der Waals surface area contributed by atoms with Gasteiger partial charge in [0.05, 0.1) is 17.3 Å². The van der Waals surface area contributed by atoms with Crippen molar-refractivity contribution in [3.63, 3.8) is 0 Å². The van der Waals surface area contributed by atoms with Crippen LogP contribution >= 0.6 is 34.0 Å². The van der Waals surface area contributed by atoms with Crippen molar-refractivity contribution in [2.24, 2.45) is 35.5 Å². The molecule has 0 saturated carbocycles.